The number of hydrogen-bond donors (Lipinski definition) is 0. The van der Waals surface area contributed by atoms with Crippen molar-refractivity contribution in [2.24, 2.45) is 0 Å². The fourth-order valence-electron chi connectivity index (χ4n) is 0.126. The van der Waals surface area contributed by atoms with Gasteiger partial charge in [-0.25, -0.2) is 0 Å². The molecular formula is C2I3NO3. The molecule has 0 aliphatic rings. The first kappa shape index (κ1) is 10.1. The summed E-state index contributed by atoms with van der Waals surface area (Å²) in [5, 5.41) is 9.98. The highest BCUT2D eigenvalue weighted by atomic mass is 127. The molecule has 4 nitrogen and oxygen atoms in total. The van der Waals surface area contributed by atoms with Crippen molar-refractivity contribution in [3.05, 3.63) is 17.6 Å². The molecule has 0 unspecified atom stereocenters. The van der Waals surface area contributed by atoms with Crippen molar-refractivity contribution in [2.75, 3.05) is 0 Å². The van der Waals surface area contributed by atoms with E-state index in [1.165, 1.54) is 23.0 Å². The zero-order chi connectivity index (χ0) is 7.44. The summed E-state index contributed by atoms with van der Waals surface area (Å²) in [6, 6.07) is 0. The third-order valence-corrected chi connectivity index (χ3v) is 1.74. The van der Waals surface area contributed by atoms with Crippen molar-refractivity contribution in [3.8, 4) is 0 Å². The predicted octanol–water partition coefficient (Wildman–Crippen LogP) is 2.63. The maximum Gasteiger partial charge on any atom is 0.457 e. The van der Waals surface area contributed by atoms with Crippen LogP contribution in [0.3, 0.4) is 0 Å². The summed E-state index contributed by atoms with van der Waals surface area (Å²) in [5.41, 5.74) is 0. The zero-order valence-corrected chi connectivity index (χ0v) is 10.3. The van der Waals surface area contributed by atoms with Gasteiger partial charge in [0.1, 0.15) is 4.92 Å². The number of halogens is 3. The van der Waals surface area contributed by atoms with Crippen LogP contribution in [0.5, 0.6) is 0 Å². The summed E-state index contributed by atoms with van der Waals surface area (Å²) in [7, 11) is 0. The predicted molar refractivity (Wildman–Crippen MR) is 57.2 cm³/mol. The van der Waals surface area contributed by atoms with Crippen molar-refractivity contribution in [2.45, 2.75) is 0 Å². The molecule has 52 valence electrons. The van der Waals surface area contributed by atoms with E-state index in [1.54, 1.807) is 0 Å². The molecule has 0 bridgehead atoms. The Morgan fingerprint density at radius 1 is 1.56 bits per heavy atom. The van der Waals surface area contributed by atoms with Crippen molar-refractivity contribution in [3.63, 3.8) is 0 Å². The smallest absolute Gasteiger partial charge is 0.368 e. The molecule has 0 saturated carbocycles. The normalized spacial score (nSPS) is 8.33. The first-order chi connectivity index (χ1) is 4.09. The minimum Gasteiger partial charge on any atom is -0.368 e. The van der Waals surface area contributed by atoms with Gasteiger partial charge in [-0.05, 0) is 45.2 Å². The maximum atomic E-state index is 9.98. The Balaban J connectivity index is 4.35. The van der Waals surface area contributed by atoms with E-state index < -0.39 is 4.92 Å². The monoisotopic (exact) mass is 467 g/mol. The van der Waals surface area contributed by atoms with Crippen LogP contribution in [0.2, 0.25) is 0 Å². The second-order valence-electron chi connectivity index (χ2n) is 0.900. The topological polar surface area (TPSA) is 52.4 Å². The van der Waals surface area contributed by atoms with Crippen LogP contribution < -0.4 is 0 Å². The van der Waals surface area contributed by atoms with Gasteiger partial charge in [0.05, 0.1) is 0 Å². The minimum atomic E-state index is -0.569. The quantitative estimate of drug-likeness (QED) is 0.272. The van der Waals surface area contributed by atoms with Gasteiger partial charge in [0, 0.05) is 0 Å². The van der Waals surface area contributed by atoms with Crippen LogP contribution in [0.25, 0.3) is 0 Å². The van der Waals surface area contributed by atoms with Crippen LogP contribution in [-0.2, 0) is 3.07 Å². The third-order valence-electron chi connectivity index (χ3n) is 0.401. The molecule has 0 rings (SSSR count). The minimum absolute atomic E-state index is 0.211. The van der Waals surface area contributed by atoms with Crippen molar-refractivity contribution in [1.82, 2.24) is 0 Å². The molecule has 0 amide bonds. The largest absolute Gasteiger partial charge is 0.457 e. The maximum absolute atomic E-state index is 9.98. The summed E-state index contributed by atoms with van der Waals surface area (Å²) in [6.07, 6.45) is 0. The number of rotatable bonds is 2. The molecule has 0 saturated heterocycles. The fraction of sp³-hybridized carbons (Fsp3) is 0. The first-order valence-corrected chi connectivity index (χ1v) is 4.61. The Labute approximate surface area is 92.5 Å². The lowest BCUT2D eigenvalue weighted by Crippen LogP contribution is -1.97. The van der Waals surface area contributed by atoms with Crippen LogP contribution >= 0.6 is 68.2 Å². The van der Waals surface area contributed by atoms with E-state index in [0.717, 1.165) is 0 Å². The van der Waals surface area contributed by atoms with Gasteiger partial charge in [-0.1, -0.05) is 0 Å². The highest BCUT2D eigenvalue weighted by molar-refractivity contribution is 14.2. The Hall–Kier alpha value is 1.13. The van der Waals surface area contributed by atoms with Crippen LogP contribution in [0.15, 0.2) is 7.47 Å². The van der Waals surface area contributed by atoms with Gasteiger partial charge in [0.15, 0.2) is 24.6 Å². The molecule has 0 aromatic heterocycles. The lowest BCUT2D eigenvalue weighted by molar-refractivity contribution is -0.449. The number of nitrogens with zero attached hydrogens (tertiary/aromatic N) is 1. The molecule has 0 spiro atoms. The Bertz CT molecular complexity index is 151. The molecule has 0 aromatic carbocycles. The summed E-state index contributed by atoms with van der Waals surface area (Å²) in [4.78, 5) is 9.41. The van der Waals surface area contributed by atoms with Crippen molar-refractivity contribution >= 4 is 68.2 Å². The van der Waals surface area contributed by atoms with Gasteiger partial charge in [0.25, 0.3) is 0 Å². The van der Waals surface area contributed by atoms with E-state index in [1.807, 2.05) is 45.2 Å². The van der Waals surface area contributed by atoms with E-state index in [9.17, 15) is 10.1 Å². The second kappa shape index (κ2) is 4.87. The summed E-state index contributed by atoms with van der Waals surface area (Å²) in [5.74, 6) is -0.211. The number of hydrogen-bond acceptors (Lipinski definition) is 3. The van der Waals surface area contributed by atoms with Gasteiger partial charge in [0.2, 0.25) is 0 Å². The Morgan fingerprint density at radius 3 is 2.00 bits per heavy atom. The van der Waals surface area contributed by atoms with Gasteiger partial charge in [-0.3, -0.25) is 10.1 Å². The van der Waals surface area contributed by atoms with Gasteiger partial charge in [-0.15, -0.1) is 0 Å². The van der Waals surface area contributed by atoms with E-state index >= 15 is 0 Å². The Morgan fingerprint density at radius 2 is 2.00 bits per heavy atom. The molecule has 0 aliphatic carbocycles. The number of nitro groups is 1. The van der Waals surface area contributed by atoms with E-state index in [4.69, 9.17) is 0 Å². The van der Waals surface area contributed by atoms with Crippen molar-refractivity contribution in [1.29, 1.82) is 0 Å². The first-order valence-electron chi connectivity index (χ1n) is 1.58. The molecule has 9 heavy (non-hydrogen) atoms. The standard InChI is InChI=1S/C2I3NO3/c3-1(4)2(9-5)6(7)8. The van der Waals surface area contributed by atoms with Gasteiger partial charge >= 0.3 is 5.88 Å². The zero-order valence-electron chi connectivity index (χ0n) is 3.81. The van der Waals surface area contributed by atoms with E-state index in [0.29, 0.717) is 1.59 Å². The molecule has 0 radical (unpaired) electrons. The van der Waals surface area contributed by atoms with Crippen LogP contribution in [0, 0.1) is 10.1 Å². The van der Waals surface area contributed by atoms with Crippen LogP contribution in [-0.4, -0.2) is 4.92 Å². The molecule has 7 heteroatoms. The second-order valence-corrected chi connectivity index (χ2v) is 5.56. The van der Waals surface area contributed by atoms with Crippen LogP contribution in [0.1, 0.15) is 0 Å². The third kappa shape index (κ3) is 3.75. The van der Waals surface area contributed by atoms with Gasteiger partial charge < -0.3 is 3.07 Å². The average molecular weight is 467 g/mol. The average Bonchev–Trinajstić information content (AvgIpc) is 1.64. The van der Waals surface area contributed by atoms with Gasteiger partial charge in [-0.2, -0.15) is 0 Å². The summed E-state index contributed by atoms with van der Waals surface area (Å²) >= 11 is 5.10. The van der Waals surface area contributed by atoms with Crippen molar-refractivity contribution < 1.29 is 7.99 Å². The summed E-state index contributed by atoms with van der Waals surface area (Å²) in [6.45, 7) is 0. The molecule has 0 heterocycles. The molecule has 0 aliphatic heterocycles. The van der Waals surface area contributed by atoms with Crippen LogP contribution in [0.4, 0.5) is 0 Å². The molecule has 0 fully saturated rings. The molecule has 0 N–H and O–H groups in total. The lowest BCUT2D eigenvalue weighted by Gasteiger charge is -1.90. The fourth-order valence-corrected chi connectivity index (χ4v) is 1.96. The molecular weight excluding hydrogens is 467 g/mol. The van der Waals surface area contributed by atoms with E-state index in [-0.39, 0.29) is 5.88 Å². The summed E-state index contributed by atoms with van der Waals surface area (Å²) < 4.78 is 4.91. The lowest BCUT2D eigenvalue weighted by atomic mass is 11.0. The Kier molecular flexibility index (Phi) is 5.48. The highest BCUT2D eigenvalue weighted by Gasteiger charge is 2.15. The molecule has 0 atom stereocenters. The molecule has 0 aromatic rings. The highest BCUT2D eigenvalue weighted by Crippen LogP contribution is 2.22. The van der Waals surface area contributed by atoms with E-state index in [2.05, 4.69) is 3.07 Å². The SMILES string of the molecule is O=[N+]([O-])C(OI)=C(I)I.